The van der Waals surface area contributed by atoms with E-state index in [2.05, 4.69) is 0 Å². The van der Waals surface area contributed by atoms with Gasteiger partial charge >= 0.3 is 0 Å². The lowest BCUT2D eigenvalue weighted by molar-refractivity contribution is -0.110. The molecule has 1 aliphatic heterocycles. The van der Waals surface area contributed by atoms with Gasteiger partial charge in [-0.3, -0.25) is 0 Å². The maximum absolute atomic E-state index is 9.94. The van der Waals surface area contributed by atoms with Gasteiger partial charge in [-0.25, -0.2) is 0 Å². The Morgan fingerprint density at radius 1 is 1.60 bits per heavy atom. The summed E-state index contributed by atoms with van der Waals surface area (Å²) in [5.41, 5.74) is 0. The van der Waals surface area contributed by atoms with Crippen molar-refractivity contribution >= 4 is 6.29 Å². The topological polar surface area (TPSA) is 66.8 Å². The number of aldehydes is 1. The predicted molar refractivity (Wildman–Crippen MR) is 32.4 cm³/mol. The first-order chi connectivity index (χ1) is 4.75. The molecule has 4 heteroatoms. The molecule has 1 fully saturated rings. The molecule has 0 aromatic heterocycles. The second-order valence-corrected chi connectivity index (χ2v) is 2.33. The summed E-state index contributed by atoms with van der Waals surface area (Å²) in [4.78, 5) is 9.94. The number of rotatable bonds is 2. The molecule has 4 nitrogen and oxygen atoms in total. The van der Waals surface area contributed by atoms with Gasteiger partial charge in [0.25, 0.3) is 0 Å². The van der Waals surface area contributed by atoms with E-state index in [0.717, 1.165) is 0 Å². The maximum Gasteiger partial charge on any atom is 0.122 e. The van der Waals surface area contributed by atoms with Gasteiger partial charge in [0.15, 0.2) is 0 Å². The lowest BCUT2D eigenvalue weighted by atomic mass is 10.1. The van der Waals surface area contributed by atoms with Gasteiger partial charge in [0.05, 0.1) is 12.7 Å². The van der Waals surface area contributed by atoms with E-state index in [1.807, 2.05) is 0 Å². The van der Waals surface area contributed by atoms with Crippen molar-refractivity contribution in [2.24, 2.45) is 0 Å². The largest absolute Gasteiger partial charge is 0.388 e. The third kappa shape index (κ3) is 1.34. The van der Waals surface area contributed by atoms with Crippen molar-refractivity contribution in [2.75, 3.05) is 6.61 Å². The summed E-state index contributed by atoms with van der Waals surface area (Å²) < 4.78 is 4.89. The fourth-order valence-electron chi connectivity index (χ4n) is 0.969. The average molecular weight is 146 g/mol. The van der Waals surface area contributed by atoms with E-state index in [-0.39, 0.29) is 13.0 Å². The maximum atomic E-state index is 9.94. The zero-order valence-corrected chi connectivity index (χ0v) is 5.43. The van der Waals surface area contributed by atoms with Gasteiger partial charge in [-0.2, -0.15) is 0 Å². The SMILES string of the molecule is O=CC[C@H]1OC[C@@H](O)[C@@H]1O. The molecule has 1 saturated heterocycles. The Labute approximate surface area is 58.4 Å². The third-order valence-electron chi connectivity index (χ3n) is 1.58. The Hall–Kier alpha value is -0.450. The molecule has 1 aliphatic rings. The summed E-state index contributed by atoms with van der Waals surface area (Å²) in [7, 11) is 0. The fraction of sp³-hybridized carbons (Fsp3) is 0.833. The first-order valence-electron chi connectivity index (χ1n) is 3.17. The smallest absolute Gasteiger partial charge is 0.122 e. The van der Waals surface area contributed by atoms with Crippen molar-refractivity contribution in [3.05, 3.63) is 0 Å². The molecule has 0 aromatic rings. The van der Waals surface area contributed by atoms with Gasteiger partial charge in [-0.05, 0) is 0 Å². The zero-order valence-electron chi connectivity index (χ0n) is 5.43. The summed E-state index contributed by atoms with van der Waals surface area (Å²) in [5, 5.41) is 18.0. The molecule has 58 valence electrons. The van der Waals surface area contributed by atoms with Crippen molar-refractivity contribution < 1.29 is 19.7 Å². The highest BCUT2D eigenvalue weighted by molar-refractivity contribution is 5.50. The number of aliphatic hydroxyl groups is 2. The van der Waals surface area contributed by atoms with Crippen LogP contribution in [-0.2, 0) is 9.53 Å². The zero-order chi connectivity index (χ0) is 7.56. The molecule has 2 N–H and O–H groups in total. The van der Waals surface area contributed by atoms with E-state index in [9.17, 15) is 4.79 Å². The monoisotopic (exact) mass is 146 g/mol. The molecule has 0 spiro atoms. The number of carbonyl (C=O) groups excluding carboxylic acids is 1. The minimum atomic E-state index is -0.898. The molecule has 0 amide bonds. The summed E-state index contributed by atoms with van der Waals surface area (Å²) in [5.74, 6) is 0. The predicted octanol–water partition coefficient (Wildman–Crippen LogP) is -1.30. The van der Waals surface area contributed by atoms with Crippen LogP contribution in [0.1, 0.15) is 6.42 Å². The molecule has 0 aliphatic carbocycles. The highest BCUT2D eigenvalue weighted by Gasteiger charge is 2.33. The fourth-order valence-corrected chi connectivity index (χ4v) is 0.969. The Balaban J connectivity index is 2.40. The van der Waals surface area contributed by atoms with E-state index in [1.54, 1.807) is 0 Å². The first kappa shape index (κ1) is 7.65. The third-order valence-corrected chi connectivity index (χ3v) is 1.58. The Bertz CT molecular complexity index is 125. The van der Waals surface area contributed by atoms with Crippen LogP contribution < -0.4 is 0 Å². The van der Waals surface area contributed by atoms with Gasteiger partial charge in [-0.15, -0.1) is 0 Å². The van der Waals surface area contributed by atoms with E-state index in [0.29, 0.717) is 6.29 Å². The van der Waals surface area contributed by atoms with Crippen molar-refractivity contribution in [2.45, 2.75) is 24.7 Å². The summed E-state index contributed by atoms with van der Waals surface area (Å²) in [6.45, 7) is 0.125. The lowest BCUT2D eigenvalue weighted by Gasteiger charge is -2.10. The molecule has 1 rings (SSSR count). The van der Waals surface area contributed by atoms with Crippen LogP contribution in [0.4, 0.5) is 0 Å². The minimum Gasteiger partial charge on any atom is -0.388 e. The van der Waals surface area contributed by atoms with Gasteiger partial charge in [-0.1, -0.05) is 0 Å². The van der Waals surface area contributed by atoms with E-state index in [1.165, 1.54) is 0 Å². The summed E-state index contributed by atoms with van der Waals surface area (Å²) in [6.07, 6.45) is -1.41. The molecule has 3 atom stereocenters. The first-order valence-corrected chi connectivity index (χ1v) is 3.17. The number of hydrogen-bond acceptors (Lipinski definition) is 4. The normalized spacial score (nSPS) is 40.0. The second-order valence-electron chi connectivity index (χ2n) is 2.33. The van der Waals surface area contributed by atoms with Gasteiger partial charge in [0.2, 0.25) is 0 Å². The molecule has 0 saturated carbocycles. The number of hydrogen-bond donors (Lipinski definition) is 2. The molecule has 0 aromatic carbocycles. The highest BCUT2D eigenvalue weighted by atomic mass is 16.5. The molecule has 1 heterocycles. The minimum absolute atomic E-state index is 0.125. The second kappa shape index (κ2) is 3.09. The van der Waals surface area contributed by atoms with Crippen LogP contribution >= 0.6 is 0 Å². The average Bonchev–Trinajstić information content (AvgIpc) is 2.20. The van der Waals surface area contributed by atoms with Crippen LogP contribution in [0.2, 0.25) is 0 Å². The van der Waals surface area contributed by atoms with Crippen molar-refractivity contribution in [1.82, 2.24) is 0 Å². The van der Waals surface area contributed by atoms with Crippen LogP contribution in [0.5, 0.6) is 0 Å². The lowest BCUT2D eigenvalue weighted by Crippen LogP contribution is -2.29. The van der Waals surface area contributed by atoms with Crippen molar-refractivity contribution in [3.63, 3.8) is 0 Å². The highest BCUT2D eigenvalue weighted by Crippen LogP contribution is 2.15. The Kier molecular flexibility index (Phi) is 2.37. The van der Waals surface area contributed by atoms with E-state index in [4.69, 9.17) is 14.9 Å². The van der Waals surface area contributed by atoms with Crippen LogP contribution in [-0.4, -0.2) is 41.4 Å². The quantitative estimate of drug-likeness (QED) is 0.475. The van der Waals surface area contributed by atoms with E-state index < -0.39 is 18.3 Å². The number of ether oxygens (including phenoxy) is 1. The molecule has 0 unspecified atom stereocenters. The van der Waals surface area contributed by atoms with Crippen LogP contribution in [0.3, 0.4) is 0 Å². The summed E-state index contributed by atoms with van der Waals surface area (Å²) >= 11 is 0. The molecule has 0 bridgehead atoms. The van der Waals surface area contributed by atoms with E-state index >= 15 is 0 Å². The standard InChI is InChI=1S/C6H10O4/c7-2-1-5-6(9)4(8)3-10-5/h2,4-6,8-9H,1,3H2/t4-,5-,6+/m1/s1. The van der Waals surface area contributed by atoms with Crippen LogP contribution in [0.15, 0.2) is 0 Å². The van der Waals surface area contributed by atoms with Crippen LogP contribution in [0, 0.1) is 0 Å². The van der Waals surface area contributed by atoms with Crippen molar-refractivity contribution in [3.8, 4) is 0 Å². The van der Waals surface area contributed by atoms with Gasteiger partial charge < -0.3 is 19.7 Å². The van der Waals surface area contributed by atoms with Crippen molar-refractivity contribution in [1.29, 1.82) is 0 Å². The number of carbonyl (C=O) groups is 1. The Morgan fingerprint density at radius 2 is 2.30 bits per heavy atom. The van der Waals surface area contributed by atoms with Gasteiger partial charge in [0.1, 0.15) is 18.5 Å². The molecular weight excluding hydrogens is 136 g/mol. The Morgan fingerprint density at radius 3 is 2.70 bits per heavy atom. The molecular formula is C6H10O4. The molecule has 10 heavy (non-hydrogen) atoms. The van der Waals surface area contributed by atoms with Crippen LogP contribution in [0.25, 0.3) is 0 Å². The number of aliphatic hydroxyl groups excluding tert-OH is 2. The molecule has 0 radical (unpaired) electrons. The summed E-state index contributed by atoms with van der Waals surface area (Å²) in [6, 6.07) is 0. The van der Waals surface area contributed by atoms with Gasteiger partial charge in [0, 0.05) is 6.42 Å².